The molecule has 0 amide bonds. The minimum absolute atomic E-state index is 0.0375. The maximum atomic E-state index is 6.08. The van der Waals surface area contributed by atoms with E-state index in [0.717, 1.165) is 32.2 Å². The molecule has 0 aromatic carbocycles. The van der Waals surface area contributed by atoms with Gasteiger partial charge in [-0.1, -0.05) is 19.3 Å². The van der Waals surface area contributed by atoms with E-state index < -0.39 is 0 Å². The van der Waals surface area contributed by atoms with Crippen LogP contribution in [0.25, 0.3) is 0 Å². The Morgan fingerprint density at radius 2 is 2.11 bits per heavy atom. The number of hydrogen-bond acceptors (Lipinski definition) is 3. The molecule has 19 heavy (non-hydrogen) atoms. The van der Waals surface area contributed by atoms with Crippen LogP contribution < -0.4 is 11.1 Å². The highest BCUT2D eigenvalue weighted by Crippen LogP contribution is 2.23. The lowest BCUT2D eigenvalue weighted by molar-refractivity contribution is 0.215. The van der Waals surface area contributed by atoms with E-state index in [1.165, 1.54) is 13.0 Å². The number of terminal acetylenes is 1. The molecule has 1 aliphatic heterocycles. The smallest absolute Gasteiger partial charge is 0.0691 e. The summed E-state index contributed by atoms with van der Waals surface area (Å²) in [6.07, 6.45) is 11.2. The van der Waals surface area contributed by atoms with E-state index in [4.69, 9.17) is 12.2 Å². The minimum Gasteiger partial charge on any atom is -0.329 e. The first kappa shape index (κ1) is 16.5. The first-order valence-corrected chi connectivity index (χ1v) is 7.75. The largest absolute Gasteiger partial charge is 0.329 e. The molecule has 0 bridgehead atoms. The van der Waals surface area contributed by atoms with Gasteiger partial charge in [0.05, 0.1) is 6.04 Å². The van der Waals surface area contributed by atoms with Gasteiger partial charge in [0.15, 0.2) is 0 Å². The average Bonchev–Trinajstić information content (AvgIpc) is 2.61. The monoisotopic (exact) mass is 265 g/mol. The van der Waals surface area contributed by atoms with Crippen molar-refractivity contribution < 1.29 is 0 Å². The fourth-order valence-electron chi connectivity index (χ4n) is 2.99. The lowest BCUT2D eigenvalue weighted by Gasteiger charge is -2.35. The molecule has 0 aromatic heterocycles. The van der Waals surface area contributed by atoms with Gasteiger partial charge in [-0.25, -0.2) is 0 Å². The summed E-state index contributed by atoms with van der Waals surface area (Å²) in [4.78, 5) is 2.55. The summed E-state index contributed by atoms with van der Waals surface area (Å²) in [6, 6.07) is 0.784. The third kappa shape index (κ3) is 4.80. The first-order chi connectivity index (χ1) is 9.06. The summed E-state index contributed by atoms with van der Waals surface area (Å²) < 4.78 is 0. The van der Waals surface area contributed by atoms with Gasteiger partial charge in [-0.05, 0) is 46.1 Å². The molecule has 0 spiro atoms. The van der Waals surface area contributed by atoms with Crippen LogP contribution in [0.5, 0.6) is 0 Å². The van der Waals surface area contributed by atoms with Crippen LogP contribution in [-0.4, -0.2) is 42.2 Å². The predicted molar refractivity (Wildman–Crippen MR) is 83.0 cm³/mol. The highest BCUT2D eigenvalue weighted by Gasteiger charge is 2.33. The van der Waals surface area contributed by atoms with Gasteiger partial charge in [-0.2, -0.15) is 0 Å². The first-order valence-electron chi connectivity index (χ1n) is 7.75. The van der Waals surface area contributed by atoms with Gasteiger partial charge in [0.1, 0.15) is 0 Å². The Morgan fingerprint density at radius 3 is 2.63 bits per heavy atom. The quantitative estimate of drug-likeness (QED) is 0.722. The van der Waals surface area contributed by atoms with Crippen LogP contribution in [0.2, 0.25) is 0 Å². The van der Waals surface area contributed by atoms with Crippen LogP contribution in [0.1, 0.15) is 52.9 Å². The van der Waals surface area contributed by atoms with E-state index in [-0.39, 0.29) is 11.6 Å². The number of nitrogens with one attached hydrogen (secondary N) is 1. The molecule has 2 atom stereocenters. The molecule has 0 aliphatic carbocycles. The van der Waals surface area contributed by atoms with Crippen molar-refractivity contribution in [3.05, 3.63) is 0 Å². The zero-order valence-electron chi connectivity index (χ0n) is 12.9. The highest BCUT2D eigenvalue weighted by molar-refractivity contribution is 5.04. The molecule has 1 heterocycles. The number of nitrogens with two attached hydrogens (primary N) is 1. The fourth-order valence-corrected chi connectivity index (χ4v) is 2.99. The molecule has 1 fully saturated rings. The van der Waals surface area contributed by atoms with Crippen molar-refractivity contribution in [1.82, 2.24) is 10.2 Å². The normalized spacial score (nSPS) is 26.9. The summed E-state index contributed by atoms with van der Waals surface area (Å²) in [5, 5.41) is 3.68. The Morgan fingerprint density at radius 1 is 1.37 bits per heavy atom. The van der Waals surface area contributed by atoms with Gasteiger partial charge >= 0.3 is 0 Å². The van der Waals surface area contributed by atoms with Crippen molar-refractivity contribution >= 4 is 0 Å². The summed E-state index contributed by atoms with van der Waals surface area (Å²) in [5.74, 6) is 2.88. The lowest BCUT2D eigenvalue weighted by Crippen LogP contribution is -2.55. The number of rotatable bonds is 6. The maximum Gasteiger partial charge on any atom is 0.0691 e. The van der Waals surface area contributed by atoms with Crippen molar-refractivity contribution in [1.29, 1.82) is 0 Å². The second kappa shape index (κ2) is 7.89. The van der Waals surface area contributed by atoms with E-state index in [0.29, 0.717) is 12.6 Å². The van der Waals surface area contributed by atoms with Crippen LogP contribution in [0.15, 0.2) is 0 Å². The van der Waals surface area contributed by atoms with Gasteiger partial charge in [-0.15, -0.1) is 6.42 Å². The number of hydrogen-bond donors (Lipinski definition) is 2. The van der Waals surface area contributed by atoms with Crippen molar-refractivity contribution in [3.8, 4) is 12.3 Å². The molecular formula is C16H31N3. The van der Waals surface area contributed by atoms with Crippen LogP contribution in [0.3, 0.4) is 0 Å². The van der Waals surface area contributed by atoms with E-state index in [1.54, 1.807) is 0 Å². The summed E-state index contributed by atoms with van der Waals surface area (Å²) in [6.45, 7) is 9.69. The van der Waals surface area contributed by atoms with Crippen LogP contribution in [0, 0.1) is 12.3 Å². The van der Waals surface area contributed by atoms with Crippen LogP contribution >= 0.6 is 0 Å². The SMILES string of the molecule is C#CC(CCC)NC1(CN)CCCN(C(C)C)CC1. The number of likely N-dealkylation sites (tertiary alicyclic amines) is 1. The van der Waals surface area contributed by atoms with Crippen molar-refractivity contribution in [2.75, 3.05) is 19.6 Å². The van der Waals surface area contributed by atoms with Gasteiger partial charge in [-0.3, -0.25) is 5.32 Å². The van der Waals surface area contributed by atoms with Gasteiger partial charge in [0.2, 0.25) is 0 Å². The summed E-state index contributed by atoms with van der Waals surface area (Å²) in [5.41, 5.74) is 6.12. The Labute approximate surface area is 119 Å². The molecule has 1 rings (SSSR count). The third-order valence-electron chi connectivity index (χ3n) is 4.36. The lowest BCUT2D eigenvalue weighted by atomic mass is 9.89. The van der Waals surface area contributed by atoms with E-state index >= 15 is 0 Å². The zero-order valence-corrected chi connectivity index (χ0v) is 12.9. The molecular weight excluding hydrogens is 234 g/mol. The topological polar surface area (TPSA) is 41.3 Å². The summed E-state index contributed by atoms with van der Waals surface area (Å²) in [7, 11) is 0. The predicted octanol–water partition coefficient (Wildman–Crippen LogP) is 1.97. The average molecular weight is 265 g/mol. The number of nitrogens with zero attached hydrogens (tertiary/aromatic N) is 1. The Balaban J connectivity index is 2.67. The van der Waals surface area contributed by atoms with E-state index in [9.17, 15) is 0 Å². The van der Waals surface area contributed by atoms with Gasteiger partial charge in [0, 0.05) is 24.7 Å². The summed E-state index contributed by atoms with van der Waals surface area (Å²) >= 11 is 0. The Hall–Kier alpha value is -0.560. The second-order valence-corrected chi connectivity index (χ2v) is 6.12. The third-order valence-corrected chi connectivity index (χ3v) is 4.36. The molecule has 3 heteroatoms. The second-order valence-electron chi connectivity index (χ2n) is 6.12. The molecule has 3 nitrogen and oxygen atoms in total. The van der Waals surface area contributed by atoms with Gasteiger partial charge < -0.3 is 10.6 Å². The van der Waals surface area contributed by atoms with E-state index in [2.05, 4.69) is 36.9 Å². The molecule has 1 saturated heterocycles. The van der Waals surface area contributed by atoms with Crippen molar-refractivity contribution in [2.24, 2.45) is 5.73 Å². The molecule has 2 unspecified atom stereocenters. The Kier molecular flexibility index (Phi) is 6.85. The maximum absolute atomic E-state index is 6.08. The zero-order chi connectivity index (χ0) is 14.3. The standard InChI is InChI=1S/C16H31N3/c1-5-8-15(6-2)18-16(13-17)9-7-11-19(12-10-16)14(3)4/h2,14-15,18H,5,7-13,17H2,1,3-4H3. The molecule has 0 aromatic rings. The molecule has 1 aliphatic rings. The van der Waals surface area contributed by atoms with Gasteiger partial charge in [0.25, 0.3) is 0 Å². The van der Waals surface area contributed by atoms with Crippen molar-refractivity contribution in [2.45, 2.75) is 70.5 Å². The fraction of sp³-hybridized carbons (Fsp3) is 0.875. The molecule has 0 saturated carbocycles. The van der Waals surface area contributed by atoms with E-state index in [1.807, 2.05) is 0 Å². The van der Waals surface area contributed by atoms with Crippen molar-refractivity contribution in [3.63, 3.8) is 0 Å². The molecule has 3 N–H and O–H groups in total. The molecule has 110 valence electrons. The highest BCUT2D eigenvalue weighted by atomic mass is 15.2. The minimum atomic E-state index is 0.0375. The Bertz CT molecular complexity index is 295. The van der Waals surface area contributed by atoms with Crippen LogP contribution in [-0.2, 0) is 0 Å². The van der Waals surface area contributed by atoms with Crippen LogP contribution in [0.4, 0.5) is 0 Å². The molecule has 0 radical (unpaired) electrons.